The van der Waals surface area contributed by atoms with Crippen LogP contribution in [-0.4, -0.2) is 18.6 Å². The van der Waals surface area contributed by atoms with Crippen molar-refractivity contribution in [2.75, 3.05) is 11.7 Å². The highest BCUT2D eigenvalue weighted by Crippen LogP contribution is 2.40. The SMILES string of the molecule is Cc1c(N2C(=O)C=CC2=O)c(=O)oc2c3c(ccc12)OCO3. The number of aryl methyl sites for hydroxylation is 1. The topological polar surface area (TPSA) is 86.1 Å². The maximum absolute atomic E-state index is 12.3. The van der Waals surface area contributed by atoms with E-state index >= 15 is 0 Å². The zero-order valence-corrected chi connectivity index (χ0v) is 11.4. The van der Waals surface area contributed by atoms with Gasteiger partial charge in [-0.1, -0.05) is 0 Å². The highest BCUT2D eigenvalue weighted by Gasteiger charge is 2.31. The number of ether oxygens (including phenoxy) is 2. The number of fused-ring (bicyclic) bond motifs is 3. The molecular weight excluding hydrogens is 290 g/mol. The van der Waals surface area contributed by atoms with Gasteiger partial charge in [-0.15, -0.1) is 0 Å². The Balaban J connectivity index is 2.03. The van der Waals surface area contributed by atoms with E-state index in [1.807, 2.05) is 0 Å². The molecule has 4 rings (SSSR count). The molecule has 110 valence electrons. The summed E-state index contributed by atoms with van der Waals surface area (Å²) in [6, 6.07) is 3.39. The minimum atomic E-state index is -0.778. The van der Waals surface area contributed by atoms with Crippen LogP contribution in [0.15, 0.2) is 33.5 Å². The summed E-state index contributed by atoms with van der Waals surface area (Å²) >= 11 is 0. The largest absolute Gasteiger partial charge is 0.453 e. The molecule has 2 amide bonds. The quantitative estimate of drug-likeness (QED) is 0.582. The monoisotopic (exact) mass is 299 g/mol. The lowest BCUT2D eigenvalue weighted by molar-refractivity contribution is -0.120. The lowest BCUT2D eigenvalue weighted by atomic mass is 10.1. The molecule has 3 heterocycles. The molecule has 0 atom stereocenters. The fourth-order valence-corrected chi connectivity index (χ4v) is 2.64. The van der Waals surface area contributed by atoms with Crippen molar-refractivity contribution in [1.29, 1.82) is 0 Å². The second-order valence-electron chi connectivity index (χ2n) is 4.88. The van der Waals surface area contributed by atoms with Crippen molar-refractivity contribution in [1.82, 2.24) is 0 Å². The maximum Gasteiger partial charge on any atom is 0.361 e. The molecule has 22 heavy (non-hydrogen) atoms. The van der Waals surface area contributed by atoms with E-state index in [0.29, 0.717) is 22.4 Å². The third kappa shape index (κ3) is 1.53. The van der Waals surface area contributed by atoms with Gasteiger partial charge in [-0.25, -0.2) is 9.69 Å². The average molecular weight is 299 g/mol. The van der Waals surface area contributed by atoms with Crippen LogP contribution in [0.4, 0.5) is 5.69 Å². The predicted octanol–water partition coefficient (Wildman–Crippen LogP) is 1.26. The fourth-order valence-electron chi connectivity index (χ4n) is 2.64. The zero-order valence-electron chi connectivity index (χ0n) is 11.4. The summed E-state index contributed by atoms with van der Waals surface area (Å²) in [6.45, 7) is 1.70. The smallest absolute Gasteiger partial charge is 0.361 e. The van der Waals surface area contributed by atoms with Crippen molar-refractivity contribution in [2.45, 2.75) is 6.92 Å². The van der Waals surface area contributed by atoms with Crippen LogP contribution in [0.25, 0.3) is 11.0 Å². The van der Waals surface area contributed by atoms with Gasteiger partial charge in [-0.3, -0.25) is 9.59 Å². The normalized spacial score (nSPS) is 16.1. The highest BCUT2D eigenvalue weighted by atomic mass is 16.7. The van der Waals surface area contributed by atoms with E-state index in [-0.39, 0.29) is 18.1 Å². The van der Waals surface area contributed by atoms with Crippen LogP contribution in [0.3, 0.4) is 0 Å². The standard InChI is InChI=1S/C15H9NO6/c1-7-8-2-3-9-14(21-6-20-9)13(8)22-15(19)12(7)16-10(17)4-5-11(16)18/h2-5H,6H2,1H3. The third-order valence-electron chi connectivity index (χ3n) is 3.67. The predicted molar refractivity (Wildman–Crippen MR) is 75.0 cm³/mol. The van der Waals surface area contributed by atoms with Gasteiger partial charge in [-0.05, 0) is 24.6 Å². The summed E-state index contributed by atoms with van der Waals surface area (Å²) in [5, 5.41) is 0.575. The van der Waals surface area contributed by atoms with Crippen molar-refractivity contribution in [3.63, 3.8) is 0 Å². The molecule has 2 aliphatic heterocycles. The summed E-state index contributed by atoms with van der Waals surface area (Å²) in [5.74, 6) is -0.305. The van der Waals surface area contributed by atoms with Gasteiger partial charge in [0.25, 0.3) is 11.8 Å². The average Bonchev–Trinajstić information content (AvgIpc) is 3.08. The summed E-state index contributed by atoms with van der Waals surface area (Å²) in [4.78, 5) is 36.7. The Morgan fingerprint density at radius 3 is 2.50 bits per heavy atom. The van der Waals surface area contributed by atoms with Crippen LogP contribution < -0.4 is 20.0 Å². The lowest BCUT2D eigenvalue weighted by Gasteiger charge is -2.16. The second kappa shape index (κ2) is 4.20. The van der Waals surface area contributed by atoms with Crippen LogP contribution in [0.2, 0.25) is 0 Å². The summed E-state index contributed by atoms with van der Waals surface area (Å²) in [5.41, 5.74) is -0.145. The van der Waals surface area contributed by atoms with E-state index in [2.05, 4.69) is 0 Å². The first kappa shape index (κ1) is 12.6. The van der Waals surface area contributed by atoms with Gasteiger partial charge in [0.1, 0.15) is 5.69 Å². The first-order valence-corrected chi connectivity index (χ1v) is 6.50. The Morgan fingerprint density at radius 2 is 1.77 bits per heavy atom. The number of amides is 2. The number of anilines is 1. The van der Waals surface area contributed by atoms with E-state index < -0.39 is 17.4 Å². The number of hydrogen-bond donors (Lipinski definition) is 0. The number of nitrogens with zero attached hydrogens (tertiary/aromatic N) is 1. The number of hydrogen-bond acceptors (Lipinski definition) is 6. The van der Waals surface area contributed by atoms with E-state index in [4.69, 9.17) is 13.9 Å². The summed E-state index contributed by atoms with van der Waals surface area (Å²) in [7, 11) is 0. The Labute approximate surface area is 123 Å². The van der Waals surface area contributed by atoms with Gasteiger partial charge in [0.2, 0.25) is 12.5 Å². The van der Waals surface area contributed by atoms with Gasteiger partial charge < -0.3 is 13.9 Å². The highest BCUT2D eigenvalue weighted by molar-refractivity contribution is 6.28. The molecule has 1 aromatic carbocycles. The molecular formula is C15H9NO6. The Bertz CT molecular complexity index is 921. The van der Waals surface area contributed by atoms with Gasteiger partial charge >= 0.3 is 5.63 Å². The molecule has 0 saturated carbocycles. The fraction of sp³-hybridized carbons (Fsp3) is 0.133. The van der Waals surface area contributed by atoms with Gasteiger partial charge in [0.05, 0.1) is 0 Å². The molecule has 0 spiro atoms. The Hall–Kier alpha value is -3.09. The Kier molecular flexibility index (Phi) is 2.41. The molecule has 0 bridgehead atoms. The molecule has 1 aromatic heterocycles. The van der Waals surface area contributed by atoms with Crippen LogP contribution in [0.5, 0.6) is 11.5 Å². The number of benzene rings is 1. The minimum absolute atomic E-state index is 0.0476. The van der Waals surface area contributed by atoms with E-state index in [9.17, 15) is 14.4 Å². The number of rotatable bonds is 1. The van der Waals surface area contributed by atoms with E-state index in [1.165, 1.54) is 0 Å². The minimum Gasteiger partial charge on any atom is -0.453 e. The molecule has 0 N–H and O–H groups in total. The lowest BCUT2D eigenvalue weighted by Crippen LogP contribution is -2.34. The summed E-state index contributed by atoms with van der Waals surface area (Å²) in [6.07, 6.45) is 2.23. The molecule has 0 saturated heterocycles. The molecule has 0 aliphatic carbocycles. The van der Waals surface area contributed by atoms with Crippen LogP contribution in [0, 0.1) is 6.92 Å². The van der Waals surface area contributed by atoms with Crippen LogP contribution >= 0.6 is 0 Å². The van der Waals surface area contributed by atoms with Gasteiger partial charge in [0, 0.05) is 17.5 Å². The van der Waals surface area contributed by atoms with Crippen molar-refractivity contribution >= 4 is 28.5 Å². The molecule has 0 radical (unpaired) electrons. The van der Waals surface area contributed by atoms with Crippen LogP contribution in [0.1, 0.15) is 5.56 Å². The van der Waals surface area contributed by atoms with E-state index in [1.54, 1.807) is 19.1 Å². The molecule has 0 fully saturated rings. The molecule has 0 unspecified atom stereocenters. The van der Waals surface area contributed by atoms with Crippen LogP contribution in [-0.2, 0) is 9.59 Å². The first-order chi connectivity index (χ1) is 10.6. The van der Waals surface area contributed by atoms with Gasteiger partial charge in [0.15, 0.2) is 11.3 Å². The first-order valence-electron chi connectivity index (χ1n) is 6.50. The molecule has 2 aliphatic rings. The maximum atomic E-state index is 12.3. The van der Waals surface area contributed by atoms with E-state index in [0.717, 1.165) is 17.1 Å². The van der Waals surface area contributed by atoms with Crippen molar-refractivity contribution in [2.24, 2.45) is 0 Å². The van der Waals surface area contributed by atoms with Crippen molar-refractivity contribution < 1.29 is 23.5 Å². The number of carbonyl (C=O) groups is 2. The number of carbonyl (C=O) groups excluding carboxylic acids is 2. The van der Waals surface area contributed by atoms with Crippen molar-refractivity contribution in [3.8, 4) is 11.5 Å². The molecule has 7 nitrogen and oxygen atoms in total. The zero-order chi connectivity index (χ0) is 15.4. The number of imide groups is 1. The molecule has 7 heteroatoms. The van der Waals surface area contributed by atoms with Crippen molar-refractivity contribution in [3.05, 3.63) is 40.3 Å². The molecule has 2 aromatic rings. The summed E-state index contributed by atoms with van der Waals surface area (Å²) < 4.78 is 15.8. The van der Waals surface area contributed by atoms with Gasteiger partial charge in [-0.2, -0.15) is 0 Å². The second-order valence-corrected chi connectivity index (χ2v) is 4.88. The Morgan fingerprint density at radius 1 is 1.05 bits per heavy atom. The third-order valence-corrected chi connectivity index (χ3v) is 3.67.